The van der Waals surface area contributed by atoms with Crippen LogP contribution in [0.2, 0.25) is 0 Å². The Bertz CT molecular complexity index is 917. The fourth-order valence-electron chi connectivity index (χ4n) is 3.73. The third-order valence-electron chi connectivity index (χ3n) is 5.11. The van der Waals surface area contributed by atoms with E-state index in [0.29, 0.717) is 12.5 Å². The highest BCUT2D eigenvalue weighted by atomic mass is 16.2. The summed E-state index contributed by atoms with van der Waals surface area (Å²) in [5, 5.41) is 9.71. The lowest BCUT2D eigenvalue weighted by Gasteiger charge is -2.17. The number of nitrogens with zero attached hydrogens (tertiary/aromatic N) is 3. The number of amides is 2. The Morgan fingerprint density at radius 3 is 2.85 bits per heavy atom. The molecule has 2 aromatic carbocycles. The summed E-state index contributed by atoms with van der Waals surface area (Å²) in [6.45, 7) is 2.21. The number of aryl methyl sites for hydroxylation is 1. The second kappa shape index (κ2) is 7.20. The predicted octanol–water partition coefficient (Wildman–Crippen LogP) is 3.35. The summed E-state index contributed by atoms with van der Waals surface area (Å²) >= 11 is 0. The lowest BCUT2D eigenvalue weighted by atomic mass is 10.0. The lowest BCUT2D eigenvalue weighted by molar-refractivity contribution is 0.206. The first-order chi connectivity index (χ1) is 12.7. The molecule has 1 N–H and O–H groups in total. The van der Waals surface area contributed by atoms with Crippen molar-refractivity contribution in [3.63, 3.8) is 0 Å². The normalized spacial score (nSPS) is 17.0. The standard InChI is InChI=1S/C21H24N4O/c1-24-14-18(13-23-24)10-17-8-9-25(15-17)21(26)22-12-16-6-7-19-4-2-3-5-20(19)11-16/h2-7,11,13-14,17H,8-10,12,15H2,1H3,(H,22,26). The Labute approximate surface area is 153 Å². The first-order valence-electron chi connectivity index (χ1n) is 9.15. The van der Waals surface area contributed by atoms with E-state index in [2.05, 4.69) is 46.9 Å². The molecule has 0 bridgehead atoms. The molecule has 1 fully saturated rings. The molecule has 0 radical (unpaired) electrons. The van der Waals surface area contributed by atoms with Crippen LogP contribution in [-0.2, 0) is 20.0 Å². The molecule has 0 aliphatic carbocycles. The number of hydrogen-bond acceptors (Lipinski definition) is 2. The largest absolute Gasteiger partial charge is 0.334 e. The van der Waals surface area contributed by atoms with Gasteiger partial charge in [0, 0.05) is 32.9 Å². The summed E-state index contributed by atoms with van der Waals surface area (Å²) in [7, 11) is 1.94. The van der Waals surface area contributed by atoms with E-state index in [1.807, 2.05) is 35.0 Å². The first-order valence-corrected chi connectivity index (χ1v) is 9.15. The molecule has 3 aromatic rings. The van der Waals surface area contributed by atoms with E-state index >= 15 is 0 Å². The molecular formula is C21H24N4O. The molecule has 5 heteroatoms. The Morgan fingerprint density at radius 1 is 1.19 bits per heavy atom. The van der Waals surface area contributed by atoms with Crippen molar-refractivity contribution in [1.29, 1.82) is 0 Å². The molecule has 1 saturated heterocycles. The van der Waals surface area contributed by atoms with Crippen LogP contribution < -0.4 is 5.32 Å². The number of hydrogen-bond donors (Lipinski definition) is 1. The molecule has 2 amide bonds. The van der Waals surface area contributed by atoms with Crippen molar-refractivity contribution < 1.29 is 4.79 Å². The van der Waals surface area contributed by atoms with Gasteiger partial charge in [0.15, 0.2) is 0 Å². The molecule has 1 aliphatic rings. The summed E-state index contributed by atoms with van der Waals surface area (Å²) in [6, 6.07) is 14.6. The van der Waals surface area contributed by atoms with Gasteiger partial charge in [0.1, 0.15) is 0 Å². The average Bonchev–Trinajstić information content (AvgIpc) is 3.29. The molecule has 1 aromatic heterocycles. The Hall–Kier alpha value is -2.82. The minimum absolute atomic E-state index is 0.0341. The second-order valence-corrected chi connectivity index (χ2v) is 7.17. The van der Waals surface area contributed by atoms with Gasteiger partial charge in [0.05, 0.1) is 6.20 Å². The molecular weight excluding hydrogens is 324 g/mol. The fourth-order valence-corrected chi connectivity index (χ4v) is 3.73. The molecule has 134 valence electrons. The number of fused-ring (bicyclic) bond motifs is 1. The van der Waals surface area contributed by atoms with Gasteiger partial charge in [-0.3, -0.25) is 4.68 Å². The first kappa shape index (κ1) is 16.6. The van der Waals surface area contributed by atoms with Gasteiger partial charge in [-0.05, 0) is 46.7 Å². The van der Waals surface area contributed by atoms with Crippen LogP contribution in [0.1, 0.15) is 17.5 Å². The van der Waals surface area contributed by atoms with Crippen molar-refractivity contribution in [3.8, 4) is 0 Å². The van der Waals surface area contributed by atoms with Crippen LogP contribution in [0.15, 0.2) is 54.9 Å². The van der Waals surface area contributed by atoms with Crippen molar-refractivity contribution in [3.05, 3.63) is 66.0 Å². The molecule has 26 heavy (non-hydrogen) atoms. The average molecular weight is 348 g/mol. The summed E-state index contributed by atoms with van der Waals surface area (Å²) in [5.74, 6) is 0.519. The molecule has 2 heterocycles. The van der Waals surface area contributed by atoms with E-state index in [1.54, 1.807) is 0 Å². The van der Waals surface area contributed by atoms with Crippen LogP contribution >= 0.6 is 0 Å². The fraction of sp³-hybridized carbons (Fsp3) is 0.333. The van der Waals surface area contributed by atoms with E-state index < -0.39 is 0 Å². The van der Waals surface area contributed by atoms with E-state index in [4.69, 9.17) is 0 Å². The van der Waals surface area contributed by atoms with Gasteiger partial charge in [-0.25, -0.2) is 4.79 Å². The van der Waals surface area contributed by atoms with Crippen molar-refractivity contribution in [2.24, 2.45) is 13.0 Å². The number of rotatable bonds is 4. The van der Waals surface area contributed by atoms with Crippen LogP contribution in [0.4, 0.5) is 4.79 Å². The zero-order chi connectivity index (χ0) is 17.9. The third-order valence-corrected chi connectivity index (χ3v) is 5.11. The van der Waals surface area contributed by atoms with Crippen molar-refractivity contribution >= 4 is 16.8 Å². The monoisotopic (exact) mass is 348 g/mol. The van der Waals surface area contributed by atoms with Crippen molar-refractivity contribution in [2.75, 3.05) is 13.1 Å². The number of carbonyl (C=O) groups excluding carboxylic acids is 1. The second-order valence-electron chi connectivity index (χ2n) is 7.17. The highest BCUT2D eigenvalue weighted by molar-refractivity contribution is 5.83. The molecule has 1 unspecified atom stereocenters. The zero-order valence-corrected chi connectivity index (χ0v) is 15.1. The number of nitrogens with one attached hydrogen (secondary N) is 1. The van der Waals surface area contributed by atoms with E-state index in [9.17, 15) is 4.79 Å². The van der Waals surface area contributed by atoms with Gasteiger partial charge >= 0.3 is 6.03 Å². The number of carbonyl (C=O) groups is 1. The SMILES string of the molecule is Cn1cc(CC2CCN(C(=O)NCc3ccc4ccccc4c3)C2)cn1. The highest BCUT2D eigenvalue weighted by Gasteiger charge is 2.26. The smallest absolute Gasteiger partial charge is 0.317 e. The van der Waals surface area contributed by atoms with Crippen LogP contribution in [0, 0.1) is 5.92 Å². The summed E-state index contributed by atoms with van der Waals surface area (Å²) in [4.78, 5) is 14.4. The summed E-state index contributed by atoms with van der Waals surface area (Å²) < 4.78 is 1.83. The quantitative estimate of drug-likeness (QED) is 0.786. The Morgan fingerprint density at radius 2 is 2.04 bits per heavy atom. The van der Waals surface area contributed by atoms with Gasteiger partial charge in [0.2, 0.25) is 0 Å². The van der Waals surface area contributed by atoms with Gasteiger partial charge in [0.25, 0.3) is 0 Å². The molecule has 1 atom stereocenters. The van der Waals surface area contributed by atoms with Crippen LogP contribution in [0.3, 0.4) is 0 Å². The Balaban J connectivity index is 1.30. The number of aromatic nitrogens is 2. The predicted molar refractivity (Wildman–Crippen MR) is 103 cm³/mol. The number of urea groups is 1. The number of benzene rings is 2. The van der Waals surface area contributed by atoms with Crippen molar-refractivity contribution in [2.45, 2.75) is 19.4 Å². The van der Waals surface area contributed by atoms with Gasteiger partial charge in [-0.15, -0.1) is 0 Å². The molecule has 5 nitrogen and oxygen atoms in total. The highest BCUT2D eigenvalue weighted by Crippen LogP contribution is 2.21. The third kappa shape index (κ3) is 3.72. The molecule has 0 saturated carbocycles. The maximum Gasteiger partial charge on any atom is 0.317 e. The topological polar surface area (TPSA) is 50.2 Å². The molecule has 1 aliphatic heterocycles. The van der Waals surface area contributed by atoms with Crippen LogP contribution in [0.25, 0.3) is 10.8 Å². The van der Waals surface area contributed by atoms with E-state index in [0.717, 1.165) is 31.5 Å². The maximum atomic E-state index is 12.5. The minimum Gasteiger partial charge on any atom is -0.334 e. The zero-order valence-electron chi connectivity index (χ0n) is 15.1. The van der Waals surface area contributed by atoms with Gasteiger partial charge in [-0.2, -0.15) is 5.10 Å². The summed E-state index contributed by atoms with van der Waals surface area (Å²) in [5.41, 5.74) is 2.37. The van der Waals surface area contributed by atoms with E-state index in [-0.39, 0.29) is 6.03 Å². The van der Waals surface area contributed by atoms with E-state index in [1.165, 1.54) is 16.3 Å². The summed E-state index contributed by atoms with van der Waals surface area (Å²) in [6.07, 6.45) is 6.02. The lowest BCUT2D eigenvalue weighted by Crippen LogP contribution is -2.38. The van der Waals surface area contributed by atoms with Gasteiger partial charge < -0.3 is 10.2 Å². The van der Waals surface area contributed by atoms with Gasteiger partial charge in [-0.1, -0.05) is 36.4 Å². The van der Waals surface area contributed by atoms with Crippen LogP contribution in [0.5, 0.6) is 0 Å². The van der Waals surface area contributed by atoms with Crippen molar-refractivity contribution in [1.82, 2.24) is 20.0 Å². The Kier molecular flexibility index (Phi) is 4.61. The maximum absolute atomic E-state index is 12.5. The molecule has 4 rings (SSSR count). The number of likely N-dealkylation sites (tertiary alicyclic amines) is 1. The minimum atomic E-state index is 0.0341. The van der Waals surface area contributed by atoms with Crippen LogP contribution in [-0.4, -0.2) is 33.8 Å². The molecule has 0 spiro atoms.